The summed E-state index contributed by atoms with van der Waals surface area (Å²) in [4.78, 5) is 21.6. The van der Waals surface area contributed by atoms with E-state index >= 15 is 0 Å². The lowest BCUT2D eigenvalue weighted by molar-refractivity contribution is 0.275. The van der Waals surface area contributed by atoms with Gasteiger partial charge in [-0.25, -0.2) is 4.57 Å². The Kier molecular flexibility index (Phi) is 6.07. The summed E-state index contributed by atoms with van der Waals surface area (Å²) in [6.45, 7) is 7.50. The first kappa shape index (κ1) is 11.6. The lowest BCUT2D eigenvalue weighted by Crippen LogP contribution is -1.66. The lowest BCUT2D eigenvalue weighted by Gasteiger charge is -1.82. The predicted molar refractivity (Wildman–Crippen MR) is 34.8 cm³/mol. The second kappa shape index (κ2) is 4.70. The second-order valence-electron chi connectivity index (χ2n) is 1.72. The number of rotatable bonds is 0. The molecule has 0 aromatic carbocycles. The van der Waals surface area contributed by atoms with E-state index in [4.69, 9.17) is 19.2 Å². The lowest BCUT2D eigenvalue weighted by atomic mass is 10.4. The van der Waals surface area contributed by atoms with Crippen molar-refractivity contribution in [1.82, 2.24) is 0 Å². The van der Waals surface area contributed by atoms with Crippen LogP contribution in [0.5, 0.6) is 0 Å². The Hall–Kier alpha value is -0.150. The molecule has 0 bridgehead atoms. The van der Waals surface area contributed by atoms with Gasteiger partial charge in [-0.15, -0.1) is 6.58 Å². The molecule has 3 N–H and O–H groups in total. The van der Waals surface area contributed by atoms with Crippen molar-refractivity contribution in [3.8, 4) is 0 Å². The molecule has 0 aromatic rings. The van der Waals surface area contributed by atoms with Crippen LogP contribution in [0.4, 0.5) is 0 Å². The molecule has 56 valence electrons. The van der Waals surface area contributed by atoms with Crippen LogP contribution in [0.3, 0.4) is 0 Å². The minimum absolute atomic E-state index is 1.17. The predicted octanol–water partition coefficient (Wildman–Crippen LogP) is 0.654. The largest absolute Gasteiger partial charge is 0.466 e. The highest BCUT2D eigenvalue weighted by Crippen LogP contribution is 2.25. The van der Waals surface area contributed by atoms with Crippen molar-refractivity contribution in [3.05, 3.63) is 12.2 Å². The van der Waals surface area contributed by atoms with Crippen molar-refractivity contribution in [3.63, 3.8) is 0 Å². The summed E-state index contributed by atoms with van der Waals surface area (Å²) in [5.41, 5.74) is 1.17. The summed E-state index contributed by atoms with van der Waals surface area (Å²) in [6.07, 6.45) is 0. The smallest absolute Gasteiger partial charge is 0.303 e. The summed E-state index contributed by atoms with van der Waals surface area (Å²) < 4.78 is 8.88. The average Bonchev–Trinajstić information content (AvgIpc) is 1.19. The first-order valence-corrected chi connectivity index (χ1v) is 3.70. The van der Waals surface area contributed by atoms with Gasteiger partial charge in [0.2, 0.25) is 0 Å². The maximum Gasteiger partial charge on any atom is 0.466 e. The van der Waals surface area contributed by atoms with Gasteiger partial charge in [0.1, 0.15) is 0 Å². The van der Waals surface area contributed by atoms with Gasteiger partial charge in [0.25, 0.3) is 0 Å². The van der Waals surface area contributed by atoms with E-state index in [9.17, 15) is 0 Å². The molecule has 9 heavy (non-hydrogen) atoms. The zero-order valence-electron chi connectivity index (χ0n) is 5.40. The van der Waals surface area contributed by atoms with Crippen LogP contribution in [0.2, 0.25) is 0 Å². The zero-order chi connectivity index (χ0) is 8.08. The van der Waals surface area contributed by atoms with Gasteiger partial charge in [-0.1, -0.05) is 5.57 Å². The normalized spacial score (nSPS) is 9.44. The van der Waals surface area contributed by atoms with Crippen molar-refractivity contribution in [2.45, 2.75) is 13.8 Å². The Labute approximate surface area is 54.1 Å². The van der Waals surface area contributed by atoms with Gasteiger partial charge in [0, 0.05) is 0 Å². The number of hydrogen-bond acceptors (Lipinski definition) is 1. The monoisotopic (exact) mass is 154 g/mol. The quantitative estimate of drug-likeness (QED) is 0.353. The minimum Gasteiger partial charge on any atom is -0.303 e. The zero-order valence-corrected chi connectivity index (χ0v) is 6.30. The molecule has 0 radical (unpaired) electrons. The minimum atomic E-state index is -4.64. The van der Waals surface area contributed by atoms with Gasteiger partial charge in [-0.05, 0) is 13.8 Å². The third-order valence-corrected chi connectivity index (χ3v) is 0. The van der Waals surface area contributed by atoms with Gasteiger partial charge in [-0.3, -0.25) is 0 Å². The van der Waals surface area contributed by atoms with Crippen molar-refractivity contribution < 1.29 is 19.2 Å². The van der Waals surface area contributed by atoms with Crippen LogP contribution in [0, 0.1) is 0 Å². The van der Waals surface area contributed by atoms with E-state index in [-0.39, 0.29) is 0 Å². The number of phosphoric acid groups is 1. The van der Waals surface area contributed by atoms with Crippen LogP contribution in [0.1, 0.15) is 13.8 Å². The molecule has 0 unspecified atom stereocenters. The highest BCUT2D eigenvalue weighted by atomic mass is 31.2. The summed E-state index contributed by atoms with van der Waals surface area (Å²) in [6, 6.07) is 0. The molecule has 0 amide bonds. The molecular weight excluding hydrogens is 143 g/mol. The molecule has 0 rings (SSSR count). The fraction of sp³-hybridized carbons (Fsp3) is 0.500. The van der Waals surface area contributed by atoms with Gasteiger partial charge in [-0.2, -0.15) is 0 Å². The first-order chi connectivity index (χ1) is 3.73. The Morgan fingerprint density at radius 3 is 1.33 bits per heavy atom. The maximum absolute atomic E-state index is 8.88. The van der Waals surface area contributed by atoms with Crippen LogP contribution in [0.15, 0.2) is 12.2 Å². The van der Waals surface area contributed by atoms with Crippen LogP contribution in [-0.4, -0.2) is 14.7 Å². The van der Waals surface area contributed by atoms with Gasteiger partial charge >= 0.3 is 7.82 Å². The molecule has 0 aliphatic carbocycles. The number of hydrogen-bond donors (Lipinski definition) is 3. The van der Waals surface area contributed by atoms with E-state index in [1.807, 2.05) is 13.8 Å². The van der Waals surface area contributed by atoms with Crippen molar-refractivity contribution >= 4 is 7.82 Å². The molecule has 5 heteroatoms. The molecule has 0 spiro atoms. The summed E-state index contributed by atoms with van der Waals surface area (Å²) in [5, 5.41) is 0. The first-order valence-electron chi connectivity index (χ1n) is 2.14. The molecule has 0 atom stereocenters. The van der Waals surface area contributed by atoms with E-state index in [0.29, 0.717) is 0 Å². The van der Waals surface area contributed by atoms with Crippen LogP contribution in [-0.2, 0) is 4.57 Å². The van der Waals surface area contributed by atoms with Gasteiger partial charge in [0.05, 0.1) is 0 Å². The summed E-state index contributed by atoms with van der Waals surface area (Å²) >= 11 is 0. The fourth-order valence-corrected chi connectivity index (χ4v) is 0. The Morgan fingerprint density at radius 1 is 1.33 bits per heavy atom. The molecule has 4 nitrogen and oxygen atoms in total. The summed E-state index contributed by atoms with van der Waals surface area (Å²) in [7, 11) is -4.64. The van der Waals surface area contributed by atoms with Crippen LogP contribution < -0.4 is 0 Å². The van der Waals surface area contributed by atoms with Crippen molar-refractivity contribution in [2.24, 2.45) is 0 Å². The van der Waals surface area contributed by atoms with E-state index in [2.05, 4.69) is 6.58 Å². The second-order valence-corrected chi connectivity index (χ2v) is 2.75. The topological polar surface area (TPSA) is 77.8 Å². The molecule has 0 saturated heterocycles. The highest BCUT2D eigenvalue weighted by molar-refractivity contribution is 7.45. The maximum atomic E-state index is 8.88. The summed E-state index contributed by atoms with van der Waals surface area (Å²) in [5.74, 6) is 0. The molecular formula is C4H11O4P. The SMILES string of the molecule is C=C(C)C.O=P(O)(O)O. The molecule has 0 heterocycles. The average molecular weight is 154 g/mol. The molecule has 0 fully saturated rings. The molecule has 0 saturated carbocycles. The van der Waals surface area contributed by atoms with E-state index in [1.54, 1.807) is 0 Å². The Balaban J connectivity index is 0. The van der Waals surface area contributed by atoms with Crippen molar-refractivity contribution in [1.29, 1.82) is 0 Å². The van der Waals surface area contributed by atoms with Crippen LogP contribution >= 0.6 is 7.82 Å². The Morgan fingerprint density at radius 2 is 1.33 bits per heavy atom. The number of allylic oxidation sites excluding steroid dienone is 1. The molecule has 0 aliphatic heterocycles. The molecule has 0 aromatic heterocycles. The highest BCUT2D eigenvalue weighted by Gasteiger charge is 2.00. The standard InChI is InChI=1S/C4H8.H3O4P/c1-4(2)3;1-5(2,3)4/h1H2,2-3H3;(H3,1,2,3,4). The van der Waals surface area contributed by atoms with E-state index in [0.717, 1.165) is 0 Å². The fourth-order valence-electron chi connectivity index (χ4n) is 0. The Bertz CT molecular complexity index is 112. The molecule has 0 aliphatic rings. The van der Waals surface area contributed by atoms with E-state index < -0.39 is 7.82 Å². The third-order valence-electron chi connectivity index (χ3n) is 0. The van der Waals surface area contributed by atoms with Crippen molar-refractivity contribution in [2.75, 3.05) is 0 Å². The van der Waals surface area contributed by atoms with Gasteiger partial charge in [0.15, 0.2) is 0 Å². The van der Waals surface area contributed by atoms with Gasteiger partial charge < -0.3 is 14.7 Å². The van der Waals surface area contributed by atoms with Crippen LogP contribution in [0.25, 0.3) is 0 Å². The third kappa shape index (κ3) is 11900. The van der Waals surface area contributed by atoms with E-state index in [1.165, 1.54) is 5.57 Å².